The molecule has 0 radical (unpaired) electrons. The molecular weight excluding hydrogens is 193 g/mol. The maximum Gasteiger partial charge on any atom is 0.267 e. The molecule has 0 bridgehead atoms. The Kier molecular flexibility index (Phi) is 4.65. The molecule has 0 aromatic rings. The molecule has 1 aliphatic rings. The zero-order valence-corrected chi connectivity index (χ0v) is 11.1. The van der Waals surface area contributed by atoms with Crippen LogP contribution in [0.2, 0.25) is 12.6 Å². The van der Waals surface area contributed by atoms with Crippen molar-refractivity contribution >= 4 is 6.71 Å². The number of hydrogen-bond donors (Lipinski definition) is 0. The first-order valence-electron chi connectivity index (χ1n) is 6.68. The molecule has 0 aromatic heterocycles. The topological polar surface area (TPSA) is 23.8 Å². The monoisotopic (exact) mass is 217 g/mol. The van der Waals surface area contributed by atoms with E-state index in [1.807, 2.05) is 0 Å². The van der Waals surface area contributed by atoms with Gasteiger partial charge in [0.2, 0.25) is 0 Å². The van der Waals surface area contributed by atoms with Crippen LogP contribution in [-0.4, -0.2) is 6.71 Å². The third-order valence-corrected chi connectivity index (χ3v) is 4.75. The van der Waals surface area contributed by atoms with E-state index in [0.717, 1.165) is 19.1 Å². The molecule has 1 heterocycles. The van der Waals surface area contributed by atoms with Crippen LogP contribution in [0.25, 0.3) is 0 Å². The van der Waals surface area contributed by atoms with Gasteiger partial charge in [-0.3, -0.25) is 0 Å². The van der Waals surface area contributed by atoms with Crippen LogP contribution in [0.5, 0.6) is 0 Å². The molecule has 2 heteroatoms. The first kappa shape index (κ1) is 13.4. The van der Waals surface area contributed by atoms with Gasteiger partial charge in [0.15, 0.2) is 0 Å². The van der Waals surface area contributed by atoms with Crippen molar-refractivity contribution in [2.75, 3.05) is 0 Å². The van der Waals surface area contributed by atoms with E-state index in [0.29, 0.717) is 18.0 Å². The van der Waals surface area contributed by atoms with Crippen LogP contribution in [-0.2, 0) is 0 Å². The highest BCUT2D eigenvalue weighted by atomic mass is 14.4. The molecule has 1 rings (SSSR count). The quantitative estimate of drug-likeness (QED) is 0.507. The summed E-state index contributed by atoms with van der Waals surface area (Å²) in [5.74, 6) is 3.13. The number of nitrogens with zero attached hydrogens (tertiary/aromatic N) is 1. The van der Waals surface area contributed by atoms with Crippen LogP contribution in [0.15, 0.2) is 12.2 Å². The molecule has 0 aliphatic carbocycles. The maximum absolute atomic E-state index is 8.98. The minimum atomic E-state index is 0.293. The van der Waals surface area contributed by atoms with E-state index >= 15 is 0 Å². The maximum atomic E-state index is 8.98. The van der Waals surface area contributed by atoms with E-state index in [2.05, 4.69) is 33.3 Å². The molecule has 0 aromatic carbocycles. The van der Waals surface area contributed by atoms with Crippen LogP contribution >= 0.6 is 0 Å². The fourth-order valence-corrected chi connectivity index (χ4v) is 3.20. The van der Waals surface area contributed by atoms with E-state index in [4.69, 9.17) is 5.26 Å². The Labute approximate surface area is 101 Å². The molecule has 0 spiro atoms. The standard InChI is InChI=1S/C14H24BN/c1-5-12(3)14(13(4)6-2)7-9-15(11-16)10-8-14/h13H,3,5-10H2,1-2,4H3. The van der Waals surface area contributed by atoms with Crippen LogP contribution in [0.4, 0.5) is 0 Å². The van der Waals surface area contributed by atoms with Crippen molar-refractivity contribution in [3.05, 3.63) is 12.2 Å². The normalized spacial score (nSPS) is 21.2. The van der Waals surface area contributed by atoms with Gasteiger partial charge in [-0.05, 0) is 30.6 Å². The van der Waals surface area contributed by atoms with Crippen molar-refractivity contribution in [3.63, 3.8) is 0 Å². The van der Waals surface area contributed by atoms with Crippen molar-refractivity contribution in [1.29, 1.82) is 5.26 Å². The Balaban J connectivity index is 2.83. The fraction of sp³-hybridized carbons (Fsp3) is 0.786. The van der Waals surface area contributed by atoms with Gasteiger partial charge in [-0.25, -0.2) is 5.26 Å². The minimum absolute atomic E-state index is 0.293. The van der Waals surface area contributed by atoms with Gasteiger partial charge in [0.1, 0.15) is 0 Å². The first-order valence-corrected chi connectivity index (χ1v) is 6.68. The third kappa shape index (κ3) is 2.34. The Bertz CT molecular complexity index is 282. The smallest absolute Gasteiger partial charge is 0.213 e. The van der Waals surface area contributed by atoms with Gasteiger partial charge in [-0.1, -0.05) is 52.0 Å². The van der Waals surface area contributed by atoms with Crippen molar-refractivity contribution < 1.29 is 0 Å². The third-order valence-electron chi connectivity index (χ3n) is 4.75. The summed E-state index contributed by atoms with van der Waals surface area (Å²) in [6, 6.07) is 0. The van der Waals surface area contributed by atoms with Gasteiger partial charge < -0.3 is 0 Å². The molecule has 0 amide bonds. The van der Waals surface area contributed by atoms with Gasteiger partial charge >= 0.3 is 0 Å². The van der Waals surface area contributed by atoms with Crippen LogP contribution < -0.4 is 0 Å². The molecule has 0 N–H and O–H groups in total. The summed E-state index contributed by atoms with van der Waals surface area (Å²) in [6.07, 6.45) is 6.79. The lowest BCUT2D eigenvalue weighted by atomic mass is 9.38. The van der Waals surface area contributed by atoms with Gasteiger partial charge in [0, 0.05) is 5.97 Å². The Morgan fingerprint density at radius 2 is 2.00 bits per heavy atom. The number of allylic oxidation sites excluding steroid dienone is 1. The Morgan fingerprint density at radius 3 is 2.38 bits per heavy atom. The SMILES string of the molecule is C=C(CC)C1(C(C)CC)CCB(C#N)CC1. The van der Waals surface area contributed by atoms with Crippen LogP contribution in [0.1, 0.15) is 46.5 Å². The predicted molar refractivity (Wildman–Crippen MR) is 71.5 cm³/mol. The second kappa shape index (κ2) is 5.57. The lowest BCUT2D eigenvalue weighted by Gasteiger charge is -2.44. The number of rotatable bonds is 4. The zero-order valence-electron chi connectivity index (χ0n) is 11.1. The molecule has 1 aliphatic heterocycles. The minimum Gasteiger partial charge on any atom is -0.213 e. The Morgan fingerprint density at radius 1 is 1.44 bits per heavy atom. The molecule has 1 nitrogen and oxygen atoms in total. The average molecular weight is 217 g/mol. The van der Waals surface area contributed by atoms with Crippen molar-refractivity contribution in [1.82, 2.24) is 0 Å². The summed E-state index contributed by atoms with van der Waals surface area (Å²) in [6.45, 7) is 11.4. The summed E-state index contributed by atoms with van der Waals surface area (Å²) in [5.41, 5.74) is 1.75. The molecule has 0 saturated carbocycles. The van der Waals surface area contributed by atoms with Crippen LogP contribution in [0.3, 0.4) is 0 Å². The van der Waals surface area contributed by atoms with E-state index in [-0.39, 0.29) is 0 Å². The summed E-state index contributed by atoms with van der Waals surface area (Å²) in [4.78, 5) is 0. The summed E-state index contributed by atoms with van der Waals surface area (Å²) in [5, 5.41) is 8.98. The highest BCUT2D eigenvalue weighted by Gasteiger charge is 2.41. The van der Waals surface area contributed by atoms with Crippen molar-refractivity contribution in [2.24, 2.45) is 11.3 Å². The van der Waals surface area contributed by atoms with Gasteiger partial charge in [-0.2, -0.15) is 0 Å². The largest absolute Gasteiger partial charge is 0.267 e. The van der Waals surface area contributed by atoms with Gasteiger partial charge in [0.05, 0.1) is 0 Å². The van der Waals surface area contributed by atoms with Crippen LogP contribution in [0, 0.1) is 22.6 Å². The zero-order chi connectivity index (χ0) is 12.2. The molecular formula is C14H24BN. The summed E-state index contributed by atoms with van der Waals surface area (Å²) >= 11 is 0. The lowest BCUT2D eigenvalue weighted by Crippen LogP contribution is -2.36. The predicted octanol–water partition coefficient (Wildman–Crippen LogP) is 4.34. The van der Waals surface area contributed by atoms with E-state index in [9.17, 15) is 0 Å². The molecule has 1 unspecified atom stereocenters. The number of nitriles is 1. The highest BCUT2D eigenvalue weighted by molar-refractivity contribution is 6.67. The van der Waals surface area contributed by atoms with E-state index in [1.165, 1.54) is 24.8 Å². The molecule has 1 atom stereocenters. The average Bonchev–Trinajstić information content (AvgIpc) is 2.36. The molecule has 1 saturated heterocycles. The molecule has 16 heavy (non-hydrogen) atoms. The van der Waals surface area contributed by atoms with Crippen molar-refractivity contribution in [3.8, 4) is 5.97 Å². The van der Waals surface area contributed by atoms with Gasteiger partial charge in [-0.15, -0.1) is 0 Å². The number of hydrogen-bond acceptors (Lipinski definition) is 1. The summed E-state index contributed by atoms with van der Waals surface area (Å²) < 4.78 is 0. The molecule has 88 valence electrons. The fourth-order valence-electron chi connectivity index (χ4n) is 3.20. The highest BCUT2D eigenvalue weighted by Crippen LogP contribution is 2.49. The lowest BCUT2D eigenvalue weighted by molar-refractivity contribution is 0.190. The van der Waals surface area contributed by atoms with Gasteiger partial charge in [0.25, 0.3) is 6.71 Å². The second-order valence-corrected chi connectivity index (χ2v) is 5.33. The second-order valence-electron chi connectivity index (χ2n) is 5.33. The molecule has 1 fully saturated rings. The first-order chi connectivity index (χ1) is 7.60. The van der Waals surface area contributed by atoms with Crippen molar-refractivity contribution in [2.45, 2.75) is 59.1 Å². The Hall–Kier alpha value is -0.705. The van der Waals surface area contributed by atoms with E-state index in [1.54, 1.807) is 0 Å². The van der Waals surface area contributed by atoms with E-state index < -0.39 is 0 Å². The summed E-state index contributed by atoms with van der Waals surface area (Å²) in [7, 11) is 0.